The number of likely N-dealkylation sites (tertiary alicyclic amines) is 1. The molecule has 1 aromatic carbocycles. The summed E-state index contributed by atoms with van der Waals surface area (Å²) >= 11 is 0. The van der Waals surface area contributed by atoms with Gasteiger partial charge in [-0.05, 0) is 37.5 Å². The molecule has 1 amide bonds. The molecule has 158 valence electrons. The van der Waals surface area contributed by atoms with E-state index < -0.39 is 0 Å². The van der Waals surface area contributed by atoms with E-state index in [1.807, 2.05) is 38.2 Å². The maximum atomic E-state index is 11.7. The predicted octanol–water partition coefficient (Wildman–Crippen LogP) is 2.35. The molecular formula is C20H33IN4O3. The maximum absolute atomic E-state index is 11.7. The molecule has 1 N–H and O–H groups in total. The average Bonchev–Trinajstić information content (AvgIpc) is 2.68. The Morgan fingerprint density at radius 2 is 2.04 bits per heavy atom. The van der Waals surface area contributed by atoms with Crippen LogP contribution in [0.2, 0.25) is 0 Å². The molecule has 0 bridgehead atoms. The second-order valence-corrected chi connectivity index (χ2v) is 6.77. The van der Waals surface area contributed by atoms with Crippen molar-refractivity contribution in [1.29, 1.82) is 0 Å². The molecular weight excluding hydrogens is 471 g/mol. The number of amides is 1. The van der Waals surface area contributed by atoms with Crippen LogP contribution in [0.1, 0.15) is 25.3 Å². The molecule has 1 heterocycles. The minimum Gasteiger partial charge on any atom is -0.484 e. The van der Waals surface area contributed by atoms with Crippen LogP contribution >= 0.6 is 24.0 Å². The first kappa shape index (κ1) is 24.5. The van der Waals surface area contributed by atoms with Gasteiger partial charge in [-0.15, -0.1) is 24.0 Å². The fraction of sp³-hybridized carbons (Fsp3) is 0.600. The van der Waals surface area contributed by atoms with E-state index in [1.54, 1.807) is 14.1 Å². The lowest BCUT2D eigenvalue weighted by atomic mass is 10.1. The number of guanidine groups is 1. The molecule has 1 aliphatic heterocycles. The first-order chi connectivity index (χ1) is 13.0. The third-order valence-corrected chi connectivity index (χ3v) is 4.57. The zero-order valence-electron chi connectivity index (χ0n) is 17.3. The van der Waals surface area contributed by atoms with Crippen LogP contribution < -0.4 is 10.1 Å². The maximum Gasteiger partial charge on any atom is 0.259 e. The third-order valence-electron chi connectivity index (χ3n) is 4.57. The summed E-state index contributed by atoms with van der Waals surface area (Å²) in [6.45, 7) is 5.40. The van der Waals surface area contributed by atoms with Gasteiger partial charge in [0.25, 0.3) is 5.91 Å². The van der Waals surface area contributed by atoms with E-state index in [9.17, 15) is 4.79 Å². The monoisotopic (exact) mass is 504 g/mol. The van der Waals surface area contributed by atoms with Gasteiger partial charge < -0.3 is 24.6 Å². The number of likely N-dealkylation sites (N-methyl/N-ethyl adjacent to an activating group) is 1. The lowest BCUT2D eigenvalue weighted by Gasteiger charge is -2.34. The van der Waals surface area contributed by atoms with Crippen LogP contribution in [0.4, 0.5) is 0 Å². The number of ether oxygens (including phenoxy) is 2. The van der Waals surface area contributed by atoms with Gasteiger partial charge in [-0.1, -0.05) is 12.1 Å². The van der Waals surface area contributed by atoms with Crippen molar-refractivity contribution in [3.8, 4) is 5.75 Å². The van der Waals surface area contributed by atoms with Crippen LogP contribution in [-0.2, 0) is 16.1 Å². The smallest absolute Gasteiger partial charge is 0.259 e. The topological polar surface area (TPSA) is 66.4 Å². The summed E-state index contributed by atoms with van der Waals surface area (Å²) in [4.78, 5) is 19.8. The largest absolute Gasteiger partial charge is 0.484 e. The van der Waals surface area contributed by atoms with E-state index in [1.165, 1.54) is 4.90 Å². The van der Waals surface area contributed by atoms with Gasteiger partial charge in [0.15, 0.2) is 12.6 Å². The number of nitrogens with one attached hydrogen (secondary N) is 1. The van der Waals surface area contributed by atoms with E-state index in [0.717, 1.165) is 44.1 Å². The van der Waals surface area contributed by atoms with Gasteiger partial charge in [-0.2, -0.15) is 0 Å². The van der Waals surface area contributed by atoms with Crippen molar-refractivity contribution in [2.24, 2.45) is 4.99 Å². The van der Waals surface area contributed by atoms with E-state index in [2.05, 4.69) is 15.2 Å². The lowest BCUT2D eigenvalue weighted by Crippen LogP contribution is -2.46. The second-order valence-electron chi connectivity index (χ2n) is 6.77. The van der Waals surface area contributed by atoms with Crippen molar-refractivity contribution in [1.82, 2.24) is 15.1 Å². The summed E-state index contributed by atoms with van der Waals surface area (Å²) in [7, 11) is 5.24. The Hall–Kier alpha value is -1.55. The molecule has 1 fully saturated rings. The summed E-state index contributed by atoms with van der Waals surface area (Å²) in [5.41, 5.74) is 1.08. The van der Waals surface area contributed by atoms with Gasteiger partial charge in [-0.3, -0.25) is 9.79 Å². The molecule has 8 heteroatoms. The Balaban J connectivity index is 0.00000392. The number of hydrogen-bond acceptors (Lipinski definition) is 4. The molecule has 0 radical (unpaired) electrons. The zero-order valence-corrected chi connectivity index (χ0v) is 19.6. The van der Waals surface area contributed by atoms with Crippen molar-refractivity contribution in [2.45, 2.75) is 32.4 Å². The van der Waals surface area contributed by atoms with Crippen LogP contribution in [0.15, 0.2) is 29.3 Å². The molecule has 0 saturated carbocycles. The van der Waals surface area contributed by atoms with Crippen molar-refractivity contribution < 1.29 is 14.3 Å². The van der Waals surface area contributed by atoms with Gasteiger partial charge in [0, 0.05) is 47.4 Å². The number of halogens is 1. The van der Waals surface area contributed by atoms with Crippen molar-refractivity contribution in [3.63, 3.8) is 0 Å². The molecule has 1 saturated heterocycles. The molecule has 28 heavy (non-hydrogen) atoms. The van der Waals surface area contributed by atoms with Gasteiger partial charge in [0.05, 0.1) is 6.10 Å². The predicted molar refractivity (Wildman–Crippen MR) is 122 cm³/mol. The quantitative estimate of drug-likeness (QED) is 0.351. The SMILES string of the molecule is CCOC1CCN(C(=NC)NCc2cccc(OCC(=O)N(C)C)c2)CC1.I. The number of carbonyl (C=O) groups excluding carboxylic acids is 1. The van der Waals surface area contributed by atoms with Crippen LogP contribution in [0.25, 0.3) is 0 Å². The average molecular weight is 504 g/mol. The molecule has 1 aliphatic rings. The minimum absolute atomic E-state index is 0. The fourth-order valence-electron chi connectivity index (χ4n) is 3.00. The molecule has 0 atom stereocenters. The molecule has 0 aromatic heterocycles. The van der Waals surface area contributed by atoms with Crippen molar-refractivity contribution >= 4 is 35.8 Å². The van der Waals surface area contributed by atoms with Crippen molar-refractivity contribution in [3.05, 3.63) is 29.8 Å². The Morgan fingerprint density at radius 3 is 2.64 bits per heavy atom. The Labute approximate surface area is 185 Å². The minimum atomic E-state index is -0.0608. The van der Waals surface area contributed by atoms with E-state index in [0.29, 0.717) is 18.4 Å². The van der Waals surface area contributed by atoms with Crippen LogP contribution in [-0.4, -0.2) is 75.2 Å². The van der Waals surface area contributed by atoms with Gasteiger partial charge in [0.1, 0.15) is 5.75 Å². The van der Waals surface area contributed by atoms with Crippen molar-refractivity contribution in [2.75, 3.05) is 47.4 Å². The highest BCUT2D eigenvalue weighted by Gasteiger charge is 2.21. The molecule has 7 nitrogen and oxygen atoms in total. The van der Waals surface area contributed by atoms with E-state index in [4.69, 9.17) is 9.47 Å². The fourth-order valence-corrected chi connectivity index (χ4v) is 3.00. The van der Waals surface area contributed by atoms with E-state index >= 15 is 0 Å². The number of piperidine rings is 1. The van der Waals surface area contributed by atoms with Crippen LogP contribution in [0, 0.1) is 0 Å². The summed E-state index contributed by atoms with van der Waals surface area (Å²) in [6.07, 6.45) is 2.42. The van der Waals surface area contributed by atoms with Gasteiger partial charge in [0.2, 0.25) is 0 Å². The lowest BCUT2D eigenvalue weighted by molar-refractivity contribution is -0.130. The molecule has 1 aromatic rings. The zero-order chi connectivity index (χ0) is 19.6. The Bertz CT molecular complexity index is 632. The van der Waals surface area contributed by atoms with E-state index in [-0.39, 0.29) is 36.5 Å². The molecule has 0 spiro atoms. The first-order valence-corrected chi connectivity index (χ1v) is 9.52. The summed E-state index contributed by atoms with van der Waals surface area (Å²) < 4.78 is 11.3. The number of hydrogen-bond donors (Lipinski definition) is 1. The second kappa shape index (κ2) is 12.8. The number of benzene rings is 1. The summed E-state index contributed by atoms with van der Waals surface area (Å²) in [6, 6.07) is 7.77. The number of aliphatic imine (C=N–C) groups is 1. The Kier molecular flexibility index (Phi) is 11.2. The summed E-state index contributed by atoms with van der Waals surface area (Å²) in [5.74, 6) is 1.53. The van der Waals surface area contributed by atoms with Gasteiger partial charge >= 0.3 is 0 Å². The highest BCUT2D eigenvalue weighted by Crippen LogP contribution is 2.15. The molecule has 2 rings (SSSR count). The normalized spacial score (nSPS) is 15.0. The number of rotatable bonds is 7. The first-order valence-electron chi connectivity index (χ1n) is 9.52. The highest BCUT2D eigenvalue weighted by atomic mass is 127. The Morgan fingerprint density at radius 1 is 1.32 bits per heavy atom. The standard InChI is InChI=1S/C20H32N4O3.HI/c1-5-26-17-9-11-24(12-10-17)20(21-2)22-14-16-7-6-8-18(13-16)27-15-19(25)23(3)4;/h6-8,13,17H,5,9-12,14-15H2,1-4H3,(H,21,22);1H. The number of carbonyl (C=O) groups is 1. The molecule has 0 aliphatic carbocycles. The van der Waals surface area contributed by atoms with Crippen LogP contribution in [0.3, 0.4) is 0 Å². The highest BCUT2D eigenvalue weighted by molar-refractivity contribution is 14.0. The summed E-state index contributed by atoms with van der Waals surface area (Å²) in [5, 5.41) is 3.42. The third kappa shape index (κ3) is 7.83. The number of nitrogens with zero attached hydrogens (tertiary/aromatic N) is 3. The van der Waals surface area contributed by atoms with Gasteiger partial charge in [-0.25, -0.2) is 0 Å². The molecule has 0 unspecified atom stereocenters. The van der Waals surface area contributed by atoms with Crippen LogP contribution in [0.5, 0.6) is 5.75 Å².